The highest BCUT2D eigenvalue weighted by atomic mass is 32.2. The quantitative estimate of drug-likeness (QED) is 0.612. The Morgan fingerprint density at radius 2 is 1.81 bits per heavy atom. The molecule has 1 heterocycles. The number of nitrogens with one attached hydrogen (secondary N) is 1. The number of nitrogens with zero attached hydrogens (tertiary/aromatic N) is 2. The number of ether oxygens (including phenoxy) is 1. The summed E-state index contributed by atoms with van der Waals surface area (Å²) in [6, 6.07) is 6.41. The molecule has 0 aromatic heterocycles. The van der Waals surface area contributed by atoms with Gasteiger partial charge in [0.25, 0.3) is 0 Å². The number of carbonyl (C=O) groups is 1. The van der Waals surface area contributed by atoms with Crippen LogP contribution in [0.1, 0.15) is 56.3 Å². The van der Waals surface area contributed by atoms with Gasteiger partial charge >= 0.3 is 0 Å². The van der Waals surface area contributed by atoms with Gasteiger partial charge in [0.05, 0.1) is 23.6 Å². The maximum Gasteiger partial charge on any atom is 0.243 e. The highest BCUT2D eigenvalue weighted by Crippen LogP contribution is 2.31. The van der Waals surface area contributed by atoms with Crippen LogP contribution in [0.5, 0.6) is 0 Å². The van der Waals surface area contributed by atoms with E-state index in [-0.39, 0.29) is 35.0 Å². The summed E-state index contributed by atoms with van der Waals surface area (Å²) in [4.78, 5) is 15.3. The minimum absolute atomic E-state index is 0.0907. The van der Waals surface area contributed by atoms with E-state index < -0.39 is 10.0 Å². The number of morpholine rings is 1. The molecule has 2 unspecified atom stereocenters. The van der Waals surface area contributed by atoms with Crippen molar-refractivity contribution in [3.8, 4) is 0 Å². The average molecular weight is 452 g/mol. The molecule has 1 saturated heterocycles. The van der Waals surface area contributed by atoms with Crippen LogP contribution < -0.4 is 5.32 Å². The number of Topliss-reactive ketones (excluding diaryl/α,β-unsaturated/α-hetero) is 1. The van der Waals surface area contributed by atoms with E-state index in [0.29, 0.717) is 18.7 Å². The first-order valence-electron chi connectivity index (χ1n) is 11.3. The lowest BCUT2D eigenvalue weighted by Crippen LogP contribution is -2.53. The van der Waals surface area contributed by atoms with Gasteiger partial charge in [-0.15, -0.1) is 0 Å². The zero-order valence-electron chi connectivity index (χ0n) is 19.3. The molecule has 8 heteroatoms. The van der Waals surface area contributed by atoms with Gasteiger partial charge in [-0.1, -0.05) is 31.4 Å². The summed E-state index contributed by atoms with van der Waals surface area (Å²) < 4.78 is 33.4. The molecule has 2 fully saturated rings. The van der Waals surface area contributed by atoms with Gasteiger partial charge in [-0.3, -0.25) is 4.79 Å². The highest BCUT2D eigenvalue weighted by Gasteiger charge is 2.34. The largest absolute Gasteiger partial charge is 0.373 e. The molecule has 31 heavy (non-hydrogen) atoms. The number of carbonyl (C=O) groups excluding carboxylic acids is 1. The van der Waals surface area contributed by atoms with Crippen molar-refractivity contribution < 1.29 is 17.9 Å². The minimum atomic E-state index is -3.67. The first kappa shape index (κ1) is 24.3. The van der Waals surface area contributed by atoms with Crippen molar-refractivity contribution in [1.82, 2.24) is 14.5 Å². The van der Waals surface area contributed by atoms with Crippen molar-refractivity contribution in [2.75, 3.05) is 40.3 Å². The molecule has 0 amide bonds. The molecule has 1 aliphatic carbocycles. The van der Waals surface area contributed by atoms with Crippen molar-refractivity contribution in [3.63, 3.8) is 0 Å². The summed E-state index contributed by atoms with van der Waals surface area (Å²) in [5.74, 6) is -0.0921. The Balaban J connectivity index is 1.66. The molecule has 174 valence electrons. The van der Waals surface area contributed by atoms with Crippen LogP contribution >= 0.6 is 0 Å². The molecule has 1 N–H and O–H groups in total. The molecule has 1 aliphatic heterocycles. The monoisotopic (exact) mass is 451 g/mol. The third-order valence-corrected chi connectivity index (χ3v) is 8.48. The number of benzene rings is 1. The SMILES string of the molecule is CC1CN(S(=O)(=O)c2cccc(C(=O)CNCC3(N(C)C)CCCCC3)c2)CC(C)O1. The van der Waals surface area contributed by atoms with E-state index in [1.807, 2.05) is 13.8 Å². The third-order valence-electron chi connectivity index (χ3n) is 6.65. The Morgan fingerprint density at radius 1 is 1.16 bits per heavy atom. The second-order valence-corrected chi connectivity index (χ2v) is 11.3. The smallest absolute Gasteiger partial charge is 0.243 e. The standard InChI is InChI=1S/C23H37N3O4S/c1-18-15-26(16-19(2)30-18)31(28,29)21-10-8-9-20(13-21)22(27)14-24-17-23(25(3)4)11-6-5-7-12-23/h8-10,13,18-19,24H,5-7,11-12,14-17H2,1-4H3. The summed E-state index contributed by atoms with van der Waals surface area (Å²) in [6.45, 7) is 5.34. The van der Waals surface area contributed by atoms with E-state index in [4.69, 9.17) is 4.74 Å². The molecule has 7 nitrogen and oxygen atoms in total. The van der Waals surface area contributed by atoms with Gasteiger partial charge in [-0.05, 0) is 52.9 Å². The van der Waals surface area contributed by atoms with E-state index in [1.54, 1.807) is 18.2 Å². The molecule has 0 bridgehead atoms. The molecule has 1 aromatic rings. The highest BCUT2D eigenvalue weighted by molar-refractivity contribution is 7.89. The van der Waals surface area contributed by atoms with E-state index in [9.17, 15) is 13.2 Å². The van der Waals surface area contributed by atoms with Gasteiger partial charge in [0.15, 0.2) is 5.78 Å². The van der Waals surface area contributed by atoms with Gasteiger partial charge in [-0.25, -0.2) is 8.42 Å². The van der Waals surface area contributed by atoms with Crippen LogP contribution in [0.2, 0.25) is 0 Å². The summed E-state index contributed by atoms with van der Waals surface area (Å²) >= 11 is 0. The summed E-state index contributed by atoms with van der Waals surface area (Å²) in [5, 5.41) is 3.34. The Morgan fingerprint density at radius 3 is 2.42 bits per heavy atom. The van der Waals surface area contributed by atoms with Crippen LogP contribution in [-0.4, -0.2) is 81.4 Å². The van der Waals surface area contributed by atoms with Gasteiger partial charge < -0.3 is 15.0 Å². The molecule has 2 atom stereocenters. The fraction of sp³-hybridized carbons (Fsp3) is 0.696. The topological polar surface area (TPSA) is 79.0 Å². The summed E-state index contributed by atoms with van der Waals surface area (Å²) in [5.41, 5.74) is 0.512. The maximum absolute atomic E-state index is 13.1. The lowest BCUT2D eigenvalue weighted by Gasteiger charge is -2.43. The third kappa shape index (κ3) is 5.73. The molecular formula is C23H37N3O4S. The molecule has 3 rings (SSSR count). The predicted octanol–water partition coefficient (Wildman–Crippen LogP) is 2.52. The molecular weight excluding hydrogens is 414 g/mol. The van der Waals surface area contributed by atoms with Crippen molar-refractivity contribution >= 4 is 15.8 Å². The Kier molecular flexibility index (Phi) is 7.91. The van der Waals surface area contributed by atoms with Gasteiger partial charge in [-0.2, -0.15) is 4.31 Å². The zero-order valence-corrected chi connectivity index (χ0v) is 20.1. The van der Waals surface area contributed by atoms with Crippen LogP contribution in [0.25, 0.3) is 0 Å². The van der Waals surface area contributed by atoms with Crippen LogP contribution in [0.4, 0.5) is 0 Å². The lowest BCUT2D eigenvalue weighted by atomic mass is 9.80. The molecule has 1 saturated carbocycles. The van der Waals surface area contributed by atoms with Crippen molar-refractivity contribution in [1.29, 1.82) is 0 Å². The number of likely N-dealkylation sites (N-methyl/N-ethyl adjacent to an activating group) is 1. The molecule has 1 aromatic carbocycles. The second-order valence-electron chi connectivity index (χ2n) is 9.31. The molecule has 0 spiro atoms. The van der Waals surface area contributed by atoms with Gasteiger partial charge in [0.1, 0.15) is 0 Å². The van der Waals surface area contributed by atoms with Gasteiger partial charge in [0.2, 0.25) is 10.0 Å². The lowest BCUT2D eigenvalue weighted by molar-refractivity contribution is -0.0440. The van der Waals surface area contributed by atoms with Crippen molar-refractivity contribution in [3.05, 3.63) is 29.8 Å². The van der Waals surface area contributed by atoms with E-state index in [1.165, 1.54) is 29.6 Å². The number of ketones is 1. The van der Waals surface area contributed by atoms with E-state index in [2.05, 4.69) is 24.3 Å². The second kappa shape index (κ2) is 10.1. The number of hydrogen-bond donors (Lipinski definition) is 1. The molecule has 2 aliphatic rings. The number of rotatable bonds is 8. The van der Waals surface area contributed by atoms with Crippen molar-refractivity contribution in [2.24, 2.45) is 0 Å². The van der Waals surface area contributed by atoms with Crippen LogP contribution in [-0.2, 0) is 14.8 Å². The fourth-order valence-electron chi connectivity index (χ4n) is 4.81. The summed E-state index contributed by atoms with van der Waals surface area (Å²) in [6.07, 6.45) is 5.65. The minimum Gasteiger partial charge on any atom is -0.373 e. The average Bonchev–Trinajstić information content (AvgIpc) is 2.73. The van der Waals surface area contributed by atoms with Crippen LogP contribution in [0, 0.1) is 0 Å². The van der Waals surface area contributed by atoms with Crippen LogP contribution in [0.15, 0.2) is 29.2 Å². The zero-order chi connectivity index (χ0) is 22.6. The van der Waals surface area contributed by atoms with Crippen molar-refractivity contribution in [2.45, 2.75) is 68.6 Å². The Hall–Kier alpha value is -1.32. The summed E-state index contributed by atoms with van der Waals surface area (Å²) in [7, 11) is 0.547. The normalized spacial score (nSPS) is 24.9. The van der Waals surface area contributed by atoms with E-state index >= 15 is 0 Å². The van der Waals surface area contributed by atoms with Crippen LogP contribution in [0.3, 0.4) is 0 Å². The van der Waals surface area contributed by atoms with E-state index in [0.717, 1.165) is 19.4 Å². The molecule has 0 radical (unpaired) electrons. The number of hydrogen-bond acceptors (Lipinski definition) is 6. The fourth-order valence-corrected chi connectivity index (χ4v) is 6.45. The van der Waals surface area contributed by atoms with Gasteiger partial charge in [0, 0.05) is 30.7 Å². The Bertz CT molecular complexity index is 855. The first-order valence-corrected chi connectivity index (χ1v) is 12.7. The predicted molar refractivity (Wildman–Crippen MR) is 122 cm³/mol. The Labute approximate surface area is 187 Å². The maximum atomic E-state index is 13.1. The number of sulfonamides is 1. The first-order chi connectivity index (χ1) is 14.6.